The van der Waals surface area contributed by atoms with Crippen LogP contribution in [-0.2, 0) is 12.6 Å². The zero-order valence-corrected chi connectivity index (χ0v) is 18.0. The summed E-state index contributed by atoms with van der Waals surface area (Å²) in [5, 5.41) is 16.2. The summed E-state index contributed by atoms with van der Waals surface area (Å²) in [6, 6.07) is 7.62. The summed E-state index contributed by atoms with van der Waals surface area (Å²) >= 11 is 6.08. The number of benzene rings is 2. The molecule has 10 heteroatoms. The molecule has 172 valence electrons. The lowest BCUT2D eigenvalue weighted by molar-refractivity contribution is -0.137. The van der Waals surface area contributed by atoms with E-state index in [0.717, 1.165) is 12.1 Å². The summed E-state index contributed by atoms with van der Waals surface area (Å²) in [5.74, 6) is -2.70. The van der Waals surface area contributed by atoms with E-state index < -0.39 is 35.0 Å². The van der Waals surface area contributed by atoms with Gasteiger partial charge in [-0.25, -0.2) is 4.79 Å². The van der Waals surface area contributed by atoms with Gasteiger partial charge >= 0.3 is 12.1 Å². The molecule has 1 aromatic heterocycles. The van der Waals surface area contributed by atoms with Gasteiger partial charge in [0.2, 0.25) is 0 Å². The number of carbonyl (C=O) groups excluding carboxylic acids is 1. The number of nitrogens with zero attached hydrogens (tertiary/aromatic N) is 1. The van der Waals surface area contributed by atoms with Crippen molar-refractivity contribution in [3.63, 3.8) is 0 Å². The highest BCUT2D eigenvalue weighted by molar-refractivity contribution is 6.34. The molecular formula is C23H18ClF3N2O4. The molecule has 4 rings (SSSR count). The van der Waals surface area contributed by atoms with Crippen molar-refractivity contribution in [1.82, 2.24) is 10.2 Å². The van der Waals surface area contributed by atoms with E-state index in [2.05, 4.69) is 10.2 Å². The fourth-order valence-corrected chi connectivity index (χ4v) is 4.53. The highest BCUT2D eigenvalue weighted by Gasteiger charge is 2.40. The third-order valence-corrected chi connectivity index (χ3v) is 6.05. The van der Waals surface area contributed by atoms with Crippen LogP contribution < -0.4 is 4.74 Å². The number of halogens is 4. The summed E-state index contributed by atoms with van der Waals surface area (Å²) in [6.07, 6.45) is -3.26. The molecule has 0 radical (unpaired) electrons. The number of ether oxygens (including phenoxy) is 1. The fourth-order valence-electron chi connectivity index (χ4n) is 4.26. The van der Waals surface area contributed by atoms with Crippen molar-refractivity contribution in [1.29, 1.82) is 0 Å². The second-order valence-electron chi connectivity index (χ2n) is 7.65. The molecule has 1 aliphatic carbocycles. The molecule has 0 saturated carbocycles. The minimum Gasteiger partial charge on any atom is -0.496 e. The third-order valence-electron chi connectivity index (χ3n) is 5.74. The van der Waals surface area contributed by atoms with Crippen LogP contribution in [0.3, 0.4) is 0 Å². The van der Waals surface area contributed by atoms with Gasteiger partial charge in [-0.15, -0.1) is 0 Å². The van der Waals surface area contributed by atoms with Crippen molar-refractivity contribution < 1.29 is 32.6 Å². The Morgan fingerprint density at radius 2 is 2.00 bits per heavy atom. The number of nitrogens with one attached hydrogen (secondary N) is 1. The standard InChI is InChI=1S/C23H18ClF3N2O4/c1-33-17-10-11(8-9-12(17)22(31)32)20-18-13(4-2-7-16(18)28-29-20)21(30)19-14(23(25,26)27)5-3-6-15(19)24/h3,5-6,8-10,13H,2,4,7H2,1H3,(H,28,29)(H,31,32). The van der Waals surface area contributed by atoms with Gasteiger partial charge in [0.05, 0.1) is 29.3 Å². The van der Waals surface area contributed by atoms with Crippen LogP contribution in [0.4, 0.5) is 13.2 Å². The van der Waals surface area contributed by atoms with E-state index in [-0.39, 0.29) is 16.3 Å². The third kappa shape index (κ3) is 4.08. The zero-order chi connectivity index (χ0) is 23.9. The van der Waals surface area contributed by atoms with Crippen molar-refractivity contribution in [3.8, 4) is 17.0 Å². The smallest absolute Gasteiger partial charge is 0.417 e. The Morgan fingerprint density at radius 1 is 1.24 bits per heavy atom. The Morgan fingerprint density at radius 3 is 2.67 bits per heavy atom. The Hall–Kier alpha value is -3.33. The number of fused-ring (bicyclic) bond motifs is 1. The van der Waals surface area contributed by atoms with Crippen LogP contribution in [0.15, 0.2) is 36.4 Å². The van der Waals surface area contributed by atoms with Crippen LogP contribution in [0.5, 0.6) is 5.75 Å². The maximum atomic E-state index is 13.6. The number of hydrogen-bond acceptors (Lipinski definition) is 4. The fraction of sp³-hybridized carbons (Fsp3) is 0.261. The molecule has 1 aliphatic rings. The van der Waals surface area contributed by atoms with Crippen LogP contribution in [0.2, 0.25) is 5.02 Å². The lowest BCUT2D eigenvalue weighted by atomic mass is 9.79. The number of hydrogen-bond donors (Lipinski definition) is 2. The van der Waals surface area contributed by atoms with Gasteiger partial charge in [0.1, 0.15) is 11.3 Å². The average Bonchev–Trinajstić information content (AvgIpc) is 3.21. The molecule has 3 aromatic rings. The van der Waals surface area contributed by atoms with E-state index in [0.29, 0.717) is 41.8 Å². The number of carboxylic acids is 1. The van der Waals surface area contributed by atoms with E-state index in [1.165, 1.54) is 31.4 Å². The van der Waals surface area contributed by atoms with Gasteiger partial charge in [-0.05, 0) is 43.5 Å². The van der Waals surface area contributed by atoms with Crippen molar-refractivity contribution >= 4 is 23.4 Å². The first kappa shape index (κ1) is 22.8. The lowest BCUT2D eigenvalue weighted by Gasteiger charge is -2.24. The maximum Gasteiger partial charge on any atom is 0.417 e. The minimum absolute atomic E-state index is 0.0517. The van der Waals surface area contributed by atoms with Crippen LogP contribution >= 0.6 is 11.6 Å². The molecule has 0 saturated heterocycles. The minimum atomic E-state index is -4.74. The number of H-pyrrole nitrogens is 1. The van der Waals surface area contributed by atoms with E-state index in [1.807, 2.05) is 0 Å². The molecular weight excluding hydrogens is 461 g/mol. The second-order valence-corrected chi connectivity index (χ2v) is 8.06. The molecule has 0 fully saturated rings. The SMILES string of the molecule is COc1cc(-c2n[nH]c3c2C(C(=O)c2c(Cl)cccc2C(F)(F)F)CCC3)ccc1C(=O)O. The molecule has 0 amide bonds. The van der Waals surface area contributed by atoms with Crippen LogP contribution in [0, 0.1) is 0 Å². The Balaban J connectivity index is 1.84. The van der Waals surface area contributed by atoms with Gasteiger partial charge in [-0.2, -0.15) is 18.3 Å². The number of Topliss-reactive ketones (excluding diaryl/α,β-unsaturated/α-hetero) is 1. The first-order chi connectivity index (χ1) is 15.6. The van der Waals surface area contributed by atoms with Crippen molar-refractivity contribution in [2.24, 2.45) is 0 Å². The number of carboxylic acid groups (broad SMARTS) is 1. The van der Waals surface area contributed by atoms with Crippen molar-refractivity contribution in [2.45, 2.75) is 31.4 Å². The number of aromatic nitrogens is 2. The molecule has 1 atom stereocenters. The van der Waals surface area contributed by atoms with E-state index in [9.17, 15) is 27.9 Å². The van der Waals surface area contributed by atoms with Crippen LogP contribution in [0.25, 0.3) is 11.3 Å². The average molecular weight is 479 g/mol. The highest BCUT2D eigenvalue weighted by Crippen LogP contribution is 2.43. The first-order valence-corrected chi connectivity index (χ1v) is 10.4. The molecule has 0 bridgehead atoms. The van der Waals surface area contributed by atoms with Crippen molar-refractivity contribution in [2.75, 3.05) is 7.11 Å². The monoisotopic (exact) mass is 478 g/mol. The molecule has 1 heterocycles. The lowest BCUT2D eigenvalue weighted by Crippen LogP contribution is -2.22. The van der Waals surface area contributed by atoms with Gasteiger partial charge in [-0.1, -0.05) is 23.7 Å². The molecule has 2 aromatic carbocycles. The van der Waals surface area contributed by atoms with Gasteiger partial charge in [0, 0.05) is 22.4 Å². The first-order valence-electron chi connectivity index (χ1n) is 10.0. The van der Waals surface area contributed by atoms with Gasteiger partial charge < -0.3 is 9.84 Å². The predicted octanol–water partition coefficient (Wildman–Crippen LogP) is 5.76. The number of aryl methyl sites for hydroxylation is 1. The Kier molecular flexibility index (Phi) is 5.92. The van der Waals surface area contributed by atoms with Gasteiger partial charge in [0.15, 0.2) is 5.78 Å². The predicted molar refractivity (Wildman–Crippen MR) is 114 cm³/mol. The van der Waals surface area contributed by atoms with E-state index in [4.69, 9.17) is 16.3 Å². The van der Waals surface area contributed by atoms with E-state index >= 15 is 0 Å². The molecule has 1 unspecified atom stereocenters. The van der Waals surface area contributed by atoms with Crippen LogP contribution in [0.1, 0.15) is 56.3 Å². The summed E-state index contributed by atoms with van der Waals surface area (Å²) < 4.78 is 46.1. The topological polar surface area (TPSA) is 92.3 Å². The molecule has 33 heavy (non-hydrogen) atoms. The van der Waals surface area contributed by atoms with Gasteiger partial charge in [-0.3, -0.25) is 9.89 Å². The number of methoxy groups -OCH3 is 1. The second kappa shape index (κ2) is 8.55. The van der Waals surface area contributed by atoms with E-state index in [1.54, 1.807) is 0 Å². The number of alkyl halides is 3. The quantitative estimate of drug-likeness (QED) is 0.455. The maximum absolute atomic E-state index is 13.6. The number of aromatic carboxylic acids is 1. The van der Waals surface area contributed by atoms with Gasteiger partial charge in [0.25, 0.3) is 0 Å². The normalized spacial score (nSPS) is 15.7. The number of rotatable bonds is 5. The zero-order valence-electron chi connectivity index (χ0n) is 17.3. The largest absolute Gasteiger partial charge is 0.496 e. The summed E-state index contributed by atoms with van der Waals surface area (Å²) in [4.78, 5) is 24.9. The summed E-state index contributed by atoms with van der Waals surface area (Å²) in [7, 11) is 1.33. The molecule has 0 spiro atoms. The number of carbonyl (C=O) groups is 2. The summed E-state index contributed by atoms with van der Waals surface area (Å²) in [6.45, 7) is 0. The highest BCUT2D eigenvalue weighted by atomic mass is 35.5. The van der Waals surface area contributed by atoms with Crippen molar-refractivity contribution in [3.05, 3.63) is 69.4 Å². The molecule has 0 aliphatic heterocycles. The Labute approximate surface area is 191 Å². The van der Waals surface area contributed by atoms with Crippen LogP contribution in [-0.4, -0.2) is 34.2 Å². The number of aromatic amines is 1. The molecule has 2 N–H and O–H groups in total. The molecule has 6 nitrogen and oxygen atoms in total. The number of ketones is 1. The Bertz CT molecular complexity index is 1250. The summed E-state index contributed by atoms with van der Waals surface area (Å²) in [5.41, 5.74) is 0.286.